The molecule has 132 valence electrons. The molecule has 0 aliphatic carbocycles. The first-order valence-electron chi connectivity index (χ1n) is 8.35. The van der Waals surface area contributed by atoms with Gasteiger partial charge in [-0.1, -0.05) is 43.7 Å². The lowest BCUT2D eigenvalue weighted by Crippen LogP contribution is -2.45. The zero-order valence-electron chi connectivity index (χ0n) is 14.8. The van der Waals surface area contributed by atoms with Gasteiger partial charge in [-0.3, -0.25) is 14.4 Å². The number of benzene rings is 1. The first-order chi connectivity index (χ1) is 11.4. The van der Waals surface area contributed by atoms with E-state index in [0.29, 0.717) is 6.42 Å². The molecular formula is C19H26O5. The van der Waals surface area contributed by atoms with E-state index in [-0.39, 0.29) is 13.2 Å². The van der Waals surface area contributed by atoms with Crippen molar-refractivity contribution in [3.63, 3.8) is 0 Å². The Balaban J connectivity index is 3.29. The smallest absolute Gasteiger partial charge is 0.328 e. The Hall–Kier alpha value is -2.17. The summed E-state index contributed by atoms with van der Waals surface area (Å²) >= 11 is 0. The van der Waals surface area contributed by atoms with Crippen molar-refractivity contribution in [1.82, 2.24) is 0 Å². The van der Waals surface area contributed by atoms with Crippen molar-refractivity contribution in [2.24, 2.45) is 5.92 Å². The van der Waals surface area contributed by atoms with E-state index < -0.39 is 29.1 Å². The second kappa shape index (κ2) is 9.21. The molecule has 0 aliphatic heterocycles. The lowest BCUT2D eigenvalue weighted by molar-refractivity contribution is -0.165. The zero-order chi connectivity index (χ0) is 18.2. The Morgan fingerprint density at radius 2 is 1.46 bits per heavy atom. The van der Waals surface area contributed by atoms with Gasteiger partial charge in [-0.25, -0.2) is 0 Å². The number of ether oxygens (including phenoxy) is 2. The number of hydrogen-bond acceptors (Lipinski definition) is 5. The first kappa shape index (κ1) is 19.9. The number of Topliss-reactive ketones (excluding diaryl/α,β-unsaturated/α-hetero) is 1. The molecule has 1 aromatic carbocycles. The lowest BCUT2D eigenvalue weighted by atomic mass is 9.71. The highest BCUT2D eigenvalue weighted by Gasteiger charge is 2.46. The van der Waals surface area contributed by atoms with E-state index in [9.17, 15) is 14.4 Å². The maximum absolute atomic E-state index is 13.2. The summed E-state index contributed by atoms with van der Waals surface area (Å²) in [6.07, 6.45) is 1.25. The van der Waals surface area contributed by atoms with Crippen LogP contribution in [-0.4, -0.2) is 30.9 Å². The highest BCUT2D eigenvalue weighted by Crippen LogP contribution is 2.33. The van der Waals surface area contributed by atoms with E-state index in [0.717, 1.165) is 12.0 Å². The second-order valence-electron chi connectivity index (χ2n) is 5.75. The van der Waals surface area contributed by atoms with Gasteiger partial charge in [-0.2, -0.15) is 0 Å². The number of hydrogen-bond donors (Lipinski definition) is 0. The molecule has 0 fully saturated rings. The van der Waals surface area contributed by atoms with Crippen LogP contribution in [0.4, 0.5) is 0 Å². The minimum absolute atomic E-state index is 0.0951. The molecule has 0 aliphatic rings. The van der Waals surface area contributed by atoms with Crippen molar-refractivity contribution in [2.45, 2.75) is 46.0 Å². The quantitative estimate of drug-likeness (QED) is 0.513. The highest BCUT2D eigenvalue weighted by molar-refractivity contribution is 6.18. The maximum Gasteiger partial charge on any atom is 0.328 e. The molecule has 5 heteroatoms. The van der Waals surface area contributed by atoms with Gasteiger partial charge in [0.05, 0.1) is 18.6 Å². The summed E-state index contributed by atoms with van der Waals surface area (Å²) in [6.45, 7) is 7.17. The first-order valence-corrected chi connectivity index (χ1v) is 8.35. The summed E-state index contributed by atoms with van der Waals surface area (Å²) in [4.78, 5) is 37.7. The molecule has 1 aromatic rings. The Morgan fingerprint density at radius 3 is 1.88 bits per heavy atom. The van der Waals surface area contributed by atoms with Crippen LogP contribution in [0.5, 0.6) is 0 Å². The minimum Gasteiger partial charge on any atom is -0.465 e. The molecule has 0 saturated heterocycles. The van der Waals surface area contributed by atoms with Crippen molar-refractivity contribution in [3.8, 4) is 0 Å². The molecule has 0 radical (unpaired) electrons. The maximum atomic E-state index is 13.2. The van der Waals surface area contributed by atoms with Gasteiger partial charge in [0, 0.05) is 0 Å². The molecule has 0 N–H and O–H groups in total. The molecule has 0 spiro atoms. The predicted molar refractivity (Wildman–Crippen MR) is 90.5 cm³/mol. The van der Waals surface area contributed by atoms with Gasteiger partial charge < -0.3 is 9.47 Å². The van der Waals surface area contributed by atoms with Gasteiger partial charge in [-0.05, 0) is 32.8 Å². The summed E-state index contributed by atoms with van der Waals surface area (Å²) in [7, 11) is 0. The molecule has 0 amide bonds. The van der Waals surface area contributed by atoms with E-state index in [1.54, 1.807) is 20.8 Å². The fourth-order valence-corrected chi connectivity index (χ4v) is 2.80. The molecule has 0 saturated carbocycles. The van der Waals surface area contributed by atoms with Crippen LogP contribution < -0.4 is 0 Å². The molecular weight excluding hydrogens is 308 g/mol. The van der Waals surface area contributed by atoms with E-state index >= 15 is 0 Å². The van der Waals surface area contributed by atoms with Crippen LogP contribution >= 0.6 is 0 Å². The average Bonchev–Trinajstić information content (AvgIpc) is 2.56. The molecule has 5 nitrogen and oxygen atoms in total. The SMILES string of the molecule is CCCC(C)(C(=O)C(C(=O)OCC)C(=O)OCC)c1ccccc1. The molecule has 24 heavy (non-hydrogen) atoms. The van der Waals surface area contributed by atoms with Gasteiger partial charge >= 0.3 is 11.9 Å². The summed E-state index contributed by atoms with van der Waals surface area (Å²) in [5.74, 6) is -3.73. The largest absolute Gasteiger partial charge is 0.465 e. The number of carbonyl (C=O) groups excluding carboxylic acids is 3. The summed E-state index contributed by atoms with van der Waals surface area (Å²) in [5, 5.41) is 0. The number of rotatable bonds is 9. The predicted octanol–water partition coefficient (Wildman–Crippen LogP) is 3.06. The highest BCUT2D eigenvalue weighted by atomic mass is 16.6. The van der Waals surface area contributed by atoms with E-state index in [4.69, 9.17) is 9.47 Å². The Morgan fingerprint density at radius 1 is 0.958 bits per heavy atom. The van der Waals surface area contributed by atoms with Crippen molar-refractivity contribution in [2.75, 3.05) is 13.2 Å². The van der Waals surface area contributed by atoms with Crippen molar-refractivity contribution in [1.29, 1.82) is 0 Å². The fraction of sp³-hybridized carbons (Fsp3) is 0.526. The topological polar surface area (TPSA) is 69.7 Å². The lowest BCUT2D eigenvalue weighted by Gasteiger charge is -2.30. The molecule has 0 heterocycles. The van der Waals surface area contributed by atoms with Crippen LogP contribution in [0.1, 0.15) is 46.1 Å². The summed E-state index contributed by atoms with van der Waals surface area (Å²) < 4.78 is 9.88. The van der Waals surface area contributed by atoms with Crippen LogP contribution in [0.2, 0.25) is 0 Å². The third kappa shape index (κ3) is 4.43. The molecule has 0 aromatic heterocycles. The summed E-state index contributed by atoms with van der Waals surface area (Å²) in [5.41, 5.74) is -0.185. The van der Waals surface area contributed by atoms with Crippen molar-refractivity contribution < 1.29 is 23.9 Å². The Bertz CT molecular complexity index is 548. The van der Waals surface area contributed by atoms with E-state index in [2.05, 4.69) is 0 Å². The zero-order valence-corrected chi connectivity index (χ0v) is 14.8. The van der Waals surface area contributed by atoms with Crippen LogP contribution in [0.3, 0.4) is 0 Å². The third-order valence-electron chi connectivity index (χ3n) is 4.01. The normalized spacial score (nSPS) is 13.2. The van der Waals surface area contributed by atoms with Crippen LogP contribution in [0, 0.1) is 5.92 Å². The second-order valence-corrected chi connectivity index (χ2v) is 5.75. The van der Waals surface area contributed by atoms with E-state index in [1.807, 2.05) is 37.3 Å². The Labute approximate surface area is 143 Å². The van der Waals surface area contributed by atoms with Gasteiger partial charge in [0.2, 0.25) is 5.92 Å². The fourth-order valence-electron chi connectivity index (χ4n) is 2.80. The molecule has 1 unspecified atom stereocenters. The Kier molecular flexibility index (Phi) is 7.62. The number of esters is 2. The van der Waals surface area contributed by atoms with Crippen LogP contribution in [-0.2, 0) is 29.3 Å². The molecule has 0 bridgehead atoms. The van der Waals surface area contributed by atoms with Crippen molar-refractivity contribution >= 4 is 17.7 Å². The molecule has 1 atom stereocenters. The number of carbonyl (C=O) groups is 3. The van der Waals surface area contributed by atoms with Gasteiger partial charge in [0.25, 0.3) is 0 Å². The molecule has 1 rings (SSSR count). The monoisotopic (exact) mass is 334 g/mol. The van der Waals surface area contributed by atoms with Crippen LogP contribution in [0.15, 0.2) is 30.3 Å². The van der Waals surface area contributed by atoms with Crippen LogP contribution in [0.25, 0.3) is 0 Å². The summed E-state index contributed by atoms with van der Waals surface area (Å²) in [6, 6.07) is 9.19. The van der Waals surface area contributed by atoms with Gasteiger partial charge in [-0.15, -0.1) is 0 Å². The van der Waals surface area contributed by atoms with E-state index in [1.165, 1.54) is 0 Å². The average molecular weight is 334 g/mol. The van der Waals surface area contributed by atoms with Gasteiger partial charge in [0.1, 0.15) is 0 Å². The third-order valence-corrected chi connectivity index (χ3v) is 4.01. The standard InChI is InChI=1S/C19H26O5/c1-5-13-19(4,14-11-9-8-10-12-14)16(20)15(17(21)23-6-2)18(22)24-7-3/h8-12,15H,5-7,13H2,1-4H3. The minimum atomic E-state index is -1.55. The van der Waals surface area contributed by atoms with Crippen molar-refractivity contribution in [3.05, 3.63) is 35.9 Å². The van der Waals surface area contributed by atoms with Gasteiger partial charge in [0.15, 0.2) is 5.78 Å². The number of ketones is 1.